The number of Topliss-reactive ketones (excluding diaryl/α,β-unsaturated/α-hetero) is 1. The van der Waals surface area contributed by atoms with E-state index in [4.69, 9.17) is 14.2 Å². The van der Waals surface area contributed by atoms with Gasteiger partial charge in [0.15, 0.2) is 19.0 Å². The number of ether oxygens (including phenoxy) is 3. The van der Waals surface area contributed by atoms with Crippen LogP contribution in [-0.2, 0) is 20.9 Å². The normalized spacial score (nSPS) is 10.5. The quantitative estimate of drug-likeness (QED) is 0.343. The van der Waals surface area contributed by atoms with Crippen molar-refractivity contribution in [2.24, 2.45) is 0 Å². The van der Waals surface area contributed by atoms with Gasteiger partial charge in [-0.1, -0.05) is 25.1 Å². The van der Waals surface area contributed by atoms with Gasteiger partial charge in [-0.15, -0.1) is 0 Å². The van der Waals surface area contributed by atoms with Crippen LogP contribution in [0.1, 0.15) is 29.3 Å². The van der Waals surface area contributed by atoms with E-state index in [0.717, 1.165) is 22.1 Å². The van der Waals surface area contributed by atoms with Crippen molar-refractivity contribution < 1.29 is 28.6 Å². The predicted molar refractivity (Wildman–Crippen MR) is 124 cm³/mol. The largest absolute Gasteiger partial charge is 0.497 e. The number of ketones is 1. The third kappa shape index (κ3) is 6.55. The standard InChI is InChI=1S/C26H27NO6/c1-4-24(28)19-7-10-22(11-8-19)32-17-26(30)33-16-25(29)27(2)15-18-5-6-21-14-23(31-3)12-9-20(21)13-18/h5-14H,4,15-17H2,1-3H3. The number of rotatable bonds is 10. The van der Waals surface area contributed by atoms with Gasteiger partial charge in [0, 0.05) is 25.6 Å². The fraction of sp³-hybridized carbons (Fsp3) is 0.269. The molecule has 0 N–H and O–H groups in total. The molecule has 1 amide bonds. The zero-order valence-corrected chi connectivity index (χ0v) is 19.0. The highest BCUT2D eigenvalue weighted by Gasteiger charge is 2.14. The Hall–Kier alpha value is -3.87. The molecule has 3 rings (SSSR count). The number of carbonyl (C=O) groups is 3. The van der Waals surface area contributed by atoms with Crippen LogP contribution in [0.2, 0.25) is 0 Å². The molecule has 0 heterocycles. The summed E-state index contributed by atoms with van der Waals surface area (Å²) in [4.78, 5) is 37.4. The van der Waals surface area contributed by atoms with Gasteiger partial charge in [-0.05, 0) is 58.8 Å². The summed E-state index contributed by atoms with van der Waals surface area (Å²) in [7, 11) is 3.28. The smallest absolute Gasteiger partial charge is 0.344 e. The van der Waals surface area contributed by atoms with Crippen molar-refractivity contribution in [2.75, 3.05) is 27.4 Å². The molecule has 0 saturated carbocycles. The zero-order chi connectivity index (χ0) is 23.8. The number of esters is 1. The Morgan fingerprint density at radius 1 is 0.848 bits per heavy atom. The van der Waals surface area contributed by atoms with Gasteiger partial charge >= 0.3 is 5.97 Å². The average Bonchev–Trinajstić information content (AvgIpc) is 2.85. The molecule has 3 aromatic carbocycles. The van der Waals surface area contributed by atoms with Crippen LogP contribution in [0.4, 0.5) is 0 Å². The van der Waals surface area contributed by atoms with Gasteiger partial charge < -0.3 is 19.1 Å². The Kier molecular flexibility index (Phi) is 8.02. The zero-order valence-electron chi connectivity index (χ0n) is 19.0. The number of hydrogen-bond donors (Lipinski definition) is 0. The number of carbonyl (C=O) groups excluding carboxylic acids is 3. The van der Waals surface area contributed by atoms with E-state index in [-0.39, 0.29) is 24.9 Å². The molecule has 0 aliphatic heterocycles. The molecule has 0 unspecified atom stereocenters. The third-order valence-electron chi connectivity index (χ3n) is 5.17. The maximum absolute atomic E-state index is 12.4. The van der Waals surface area contributed by atoms with E-state index in [9.17, 15) is 14.4 Å². The fourth-order valence-electron chi connectivity index (χ4n) is 3.24. The van der Waals surface area contributed by atoms with Crippen molar-refractivity contribution in [1.82, 2.24) is 4.90 Å². The van der Waals surface area contributed by atoms with E-state index in [1.165, 1.54) is 4.90 Å². The van der Waals surface area contributed by atoms with E-state index in [2.05, 4.69) is 0 Å². The molecule has 0 fully saturated rings. The Labute approximate surface area is 192 Å². The summed E-state index contributed by atoms with van der Waals surface area (Å²) >= 11 is 0. The van der Waals surface area contributed by atoms with E-state index in [0.29, 0.717) is 24.3 Å². The van der Waals surface area contributed by atoms with Crippen LogP contribution in [0, 0.1) is 0 Å². The number of amides is 1. The number of nitrogens with zero attached hydrogens (tertiary/aromatic N) is 1. The van der Waals surface area contributed by atoms with E-state index in [1.807, 2.05) is 36.4 Å². The number of methoxy groups -OCH3 is 1. The van der Waals surface area contributed by atoms with Crippen molar-refractivity contribution in [3.05, 3.63) is 71.8 Å². The van der Waals surface area contributed by atoms with Gasteiger partial charge in [0.05, 0.1) is 7.11 Å². The first-order chi connectivity index (χ1) is 15.9. The molecule has 0 saturated heterocycles. The second-order valence-electron chi connectivity index (χ2n) is 7.55. The predicted octanol–water partition coefficient (Wildman–Crippen LogP) is 4.02. The fourth-order valence-corrected chi connectivity index (χ4v) is 3.24. The minimum absolute atomic E-state index is 0.0347. The van der Waals surface area contributed by atoms with Crippen molar-refractivity contribution in [3.8, 4) is 11.5 Å². The van der Waals surface area contributed by atoms with Gasteiger partial charge in [-0.3, -0.25) is 9.59 Å². The van der Waals surface area contributed by atoms with Crippen molar-refractivity contribution in [2.45, 2.75) is 19.9 Å². The van der Waals surface area contributed by atoms with E-state index < -0.39 is 5.97 Å². The molecule has 0 radical (unpaired) electrons. The molecular formula is C26H27NO6. The van der Waals surface area contributed by atoms with Crippen LogP contribution < -0.4 is 9.47 Å². The summed E-state index contributed by atoms with van der Waals surface area (Å²) in [5.74, 6) is 0.298. The first-order valence-electron chi connectivity index (χ1n) is 10.6. The van der Waals surface area contributed by atoms with Crippen molar-refractivity contribution in [3.63, 3.8) is 0 Å². The summed E-state index contributed by atoms with van der Waals surface area (Å²) in [6.07, 6.45) is 0.422. The summed E-state index contributed by atoms with van der Waals surface area (Å²) in [5, 5.41) is 2.09. The van der Waals surface area contributed by atoms with Gasteiger partial charge in [0.1, 0.15) is 11.5 Å². The molecule has 0 aliphatic carbocycles. The molecule has 0 bridgehead atoms. The lowest BCUT2D eigenvalue weighted by molar-refractivity contribution is -0.153. The molecule has 0 atom stereocenters. The third-order valence-corrected chi connectivity index (χ3v) is 5.17. The molecule has 33 heavy (non-hydrogen) atoms. The molecule has 172 valence electrons. The van der Waals surface area contributed by atoms with Crippen molar-refractivity contribution >= 4 is 28.4 Å². The average molecular weight is 450 g/mol. The Morgan fingerprint density at radius 2 is 1.52 bits per heavy atom. The lowest BCUT2D eigenvalue weighted by Gasteiger charge is -2.17. The van der Waals surface area contributed by atoms with E-state index in [1.54, 1.807) is 45.3 Å². The summed E-state index contributed by atoms with van der Waals surface area (Å²) < 4.78 is 15.6. The Bertz CT molecular complexity index is 1140. The minimum Gasteiger partial charge on any atom is -0.497 e. The van der Waals surface area contributed by atoms with Gasteiger partial charge in [-0.2, -0.15) is 0 Å². The number of hydrogen-bond acceptors (Lipinski definition) is 6. The molecule has 0 aromatic heterocycles. The second-order valence-corrected chi connectivity index (χ2v) is 7.55. The molecular weight excluding hydrogens is 422 g/mol. The Balaban J connectivity index is 1.45. The molecule has 3 aromatic rings. The lowest BCUT2D eigenvalue weighted by atomic mass is 10.1. The highest BCUT2D eigenvalue weighted by atomic mass is 16.6. The van der Waals surface area contributed by atoms with Crippen molar-refractivity contribution in [1.29, 1.82) is 0 Å². The minimum atomic E-state index is -0.648. The van der Waals surface area contributed by atoms with Gasteiger partial charge in [0.25, 0.3) is 5.91 Å². The SMILES string of the molecule is CCC(=O)c1ccc(OCC(=O)OCC(=O)N(C)Cc2ccc3cc(OC)ccc3c2)cc1. The lowest BCUT2D eigenvalue weighted by Crippen LogP contribution is -2.31. The number of benzene rings is 3. The molecule has 7 heteroatoms. The van der Waals surface area contributed by atoms with E-state index >= 15 is 0 Å². The van der Waals surface area contributed by atoms with Gasteiger partial charge in [-0.25, -0.2) is 4.79 Å². The highest BCUT2D eigenvalue weighted by molar-refractivity contribution is 5.95. The Morgan fingerprint density at radius 3 is 2.21 bits per heavy atom. The first kappa shape index (κ1) is 23.8. The topological polar surface area (TPSA) is 82.1 Å². The van der Waals surface area contributed by atoms with Crippen LogP contribution in [0.25, 0.3) is 10.8 Å². The first-order valence-corrected chi connectivity index (χ1v) is 10.6. The van der Waals surface area contributed by atoms with Crippen LogP contribution in [0.15, 0.2) is 60.7 Å². The second kappa shape index (κ2) is 11.1. The maximum Gasteiger partial charge on any atom is 0.344 e. The summed E-state index contributed by atoms with van der Waals surface area (Å²) in [5.41, 5.74) is 1.55. The van der Waals surface area contributed by atoms with Crippen LogP contribution in [0.3, 0.4) is 0 Å². The van der Waals surface area contributed by atoms with Crippen LogP contribution >= 0.6 is 0 Å². The molecule has 0 spiro atoms. The van der Waals surface area contributed by atoms with Gasteiger partial charge in [0.2, 0.25) is 0 Å². The maximum atomic E-state index is 12.4. The number of likely N-dealkylation sites (N-methyl/N-ethyl adjacent to an activating group) is 1. The highest BCUT2D eigenvalue weighted by Crippen LogP contribution is 2.22. The van der Waals surface area contributed by atoms with Crippen LogP contribution in [0.5, 0.6) is 11.5 Å². The van der Waals surface area contributed by atoms with Crippen LogP contribution in [-0.4, -0.2) is 49.9 Å². The molecule has 7 nitrogen and oxygen atoms in total. The summed E-state index contributed by atoms with van der Waals surface area (Å²) in [6.45, 7) is 1.48. The monoisotopic (exact) mass is 449 g/mol. The summed E-state index contributed by atoms with van der Waals surface area (Å²) in [6, 6.07) is 18.3. The molecule has 0 aliphatic rings. The number of fused-ring (bicyclic) bond motifs is 1.